The molecule has 0 aromatic rings. The Kier molecular flexibility index (Phi) is 4.22. The molecule has 0 aliphatic carbocycles. The van der Waals surface area contributed by atoms with E-state index in [0.717, 1.165) is 25.6 Å². The highest BCUT2D eigenvalue weighted by Crippen LogP contribution is 2.12. The van der Waals surface area contributed by atoms with Crippen molar-refractivity contribution >= 4 is 0 Å². The molecule has 2 rings (SSSR count). The zero-order valence-electron chi connectivity index (χ0n) is 8.93. The van der Waals surface area contributed by atoms with Gasteiger partial charge in [0.05, 0.1) is 6.10 Å². The van der Waals surface area contributed by atoms with Crippen molar-refractivity contribution in [3.63, 3.8) is 0 Å². The Hall–Kier alpha value is -0.120. The van der Waals surface area contributed by atoms with Crippen molar-refractivity contribution in [1.82, 2.24) is 10.6 Å². The average molecular weight is 198 g/mol. The molecule has 2 saturated heterocycles. The minimum Gasteiger partial charge on any atom is -0.377 e. The van der Waals surface area contributed by atoms with Crippen LogP contribution in [0.5, 0.6) is 0 Å². The van der Waals surface area contributed by atoms with E-state index in [-0.39, 0.29) is 0 Å². The summed E-state index contributed by atoms with van der Waals surface area (Å²) in [6, 6.07) is 0. The summed E-state index contributed by atoms with van der Waals surface area (Å²) in [5, 5.41) is 6.80. The second kappa shape index (κ2) is 5.69. The Labute approximate surface area is 86.6 Å². The maximum atomic E-state index is 5.65. The molecule has 2 fully saturated rings. The molecule has 0 aromatic heterocycles. The molecule has 0 saturated carbocycles. The molecule has 0 bridgehead atoms. The van der Waals surface area contributed by atoms with Crippen LogP contribution in [-0.2, 0) is 4.74 Å². The van der Waals surface area contributed by atoms with E-state index in [4.69, 9.17) is 4.74 Å². The highest BCUT2D eigenvalue weighted by molar-refractivity contribution is 4.75. The largest absolute Gasteiger partial charge is 0.377 e. The predicted octanol–water partition coefficient (Wildman–Crippen LogP) is 0.755. The van der Waals surface area contributed by atoms with Crippen LogP contribution >= 0.6 is 0 Å². The minimum atomic E-state index is 0.489. The van der Waals surface area contributed by atoms with Crippen molar-refractivity contribution in [3.8, 4) is 0 Å². The lowest BCUT2D eigenvalue weighted by molar-refractivity contribution is 0.0168. The molecular weight excluding hydrogens is 176 g/mol. The number of ether oxygens (including phenoxy) is 1. The van der Waals surface area contributed by atoms with E-state index in [0.29, 0.717) is 6.10 Å². The molecule has 0 amide bonds. The van der Waals surface area contributed by atoms with E-state index in [2.05, 4.69) is 10.6 Å². The van der Waals surface area contributed by atoms with Crippen LogP contribution in [0.2, 0.25) is 0 Å². The number of rotatable bonds is 5. The van der Waals surface area contributed by atoms with Crippen LogP contribution in [0.15, 0.2) is 0 Å². The van der Waals surface area contributed by atoms with E-state index < -0.39 is 0 Å². The number of hydrogen-bond donors (Lipinski definition) is 2. The van der Waals surface area contributed by atoms with Gasteiger partial charge in [-0.3, -0.25) is 0 Å². The lowest BCUT2D eigenvalue weighted by Gasteiger charge is -2.28. The van der Waals surface area contributed by atoms with Crippen LogP contribution in [0.1, 0.15) is 25.7 Å². The van der Waals surface area contributed by atoms with Crippen LogP contribution in [0, 0.1) is 5.92 Å². The van der Waals surface area contributed by atoms with Crippen molar-refractivity contribution in [2.75, 3.05) is 32.8 Å². The smallest absolute Gasteiger partial charge is 0.0699 e. The quantitative estimate of drug-likeness (QED) is 0.640. The van der Waals surface area contributed by atoms with Gasteiger partial charge < -0.3 is 15.4 Å². The first-order valence-corrected chi connectivity index (χ1v) is 5.98. The van der Waals surface area contributed by atoms with Crippen molar-refractivity contribution in [1.29, 1.82) is 0 Å². The summed E-state index contributed by atoms with van der Waals surface area (Å²) in [4.78, 5) is 0. The van der Waals surface area contributed by atoms with Crippen LogP contribution < -0.4 is 10.6 Å². The topological polar surface area (TPSA) is 33.3 Å². The molecule has 2 heterocycles. The van der Waals surface area contributed by atoms with Gasteiger partial charge in [-0.05, 0) is 51.2 Å². The van der Waals surface area contributed by atoms with Gasteiger partial charge >= 0.3 is 0 Å². The van der Waals surface area contributed by atoms with Crippen molar-refractivity contribution < 1.29 is 4.74 Å². The van der Waals surface area contributed by atoms with E-state index in [1.165, 1.54) is 38.8 Å². The Morgan fingerprint density at radius 1 is 1.29 bits per heavy atom. The first-order chi connectivity index (χ1) is 6.95. The fourth-order valence-electron chi connectivity index (χ4n) is 2.09. The van der Waals surface area contributed by atoms with E-state index >= 15 is 0 Å². The summed E-state index contributed by atoms with van der Waals surface area (Å²) in [6.07, 6.45) is 5.66. The molecule has 1 atom stereocenters. The van der Waals surface area contributed by atoms with E-state index in [1.807, 2.05) is 0 Å². The predicted molar refractivity (Wildman–Crippen MR) is 57.4 cm³/mol. The second-order valence-electron chi connectivity index (χ2n) is 4.51. The Balaban J connectivity index is 1.45. The number of hydrogen-bond acceptors (Lipinski definition) is 3. The zero-order valence-corrected chi connectivity index (χ0v) is 8.93. The standard InChI is InChI=1S/C11H22N2O/c1-2-6-14-11(3-1)9-12-5-4-10-7-13-8-10/h10-13H,1-9H2. The van der Waals surface area contributed by atoms with Gasteiger partial charge in [-0.1, -0.05) is 0 Å². The SMILES string of the molecule is C1CCC(CNCCC2CNC2)OC1. The molecule has 3 heteroatoms. The van der Waals surface area contributed by atoms with Gasteiger partial charge in [-0.25, -0.2) is 0 Å². The van der Waals surface area contributed by atoms with Gasteiger partial charge in [0, 0.05) is 13.2 Å². The van der Waals surface area contributed by atoms with E-state index in [1.54, 1.807) is 0 Å². The van der Waals surface area contributed by atoms with Gasteiger partial charge in [0.25, 0.3) is 0 Å². The third kappa shape index (κ3) is 3.23. The van der Waals surface area contributed by atoms with Crippen LogP contribution in [0.4, 0.5) is 0 Å². The van der Waals surface area contributed by atoms with Crippen molar-refractivity contribution in [2.24, 2.45) is 5.92 Å². The van der Waals surface area contributed by atoms with Gasteiger partial charge in [-0.15, -0.1) is 0 Å². The van der Waals surface area contributed by atoms with Crippen LogP contribution in [0.3, 0.4) is 0 Å². The molecule has 0 radical (unpaired) electrons. The lowest BCUT2D eigenvalue weighted by atomic mass is 9.99. The maximum Gasteiger partial charge on any atom is 0.0699 e. The summed E-state index contributed by atoms with van der Waals surface area (Å²) in [7, 11) is 0. The fraction of sp³-hybridized carbons (Fsp3) is 1.00. The lowest BCUT2D eigenvalue weighted by Crippen LogP contribution is -2.43. The molecule has 1 unspecified atom stereocenters. The van der Waals surface area contributed by atoms with Crippen LogP contribution in [0.25, 0.3) is 0 Å². The summed E-state index contributed by atoms with van der Waals surface area (Å²) in [5.74, 6) is 0.926. The highest BCUT2D eigenvalue weighted by Gasteiger charge is 2.16. The first-order valence-electron chi connectivity index (χ1n) is 5.98. The average Bonchev–Trinajstić information content (AvgIpc) is 2.16. The van der Waals surface area contributed by atoms with Gasteiger partial charge in [0.2, 0.25) is 0 Å². The van der Waals surface area contributed by atoms with Gasteiger partial charge in [-0.2, -0.15) is 0 Å². The molecule has 2 aliphatic rings. The third-order valence-corrected chi connectivity index (χ3v) is 3.24. The molecule has 2 N–H and O–H groups in total. The zero-order chi connectivity index (χ0) is 9.64. The summed E-state index contributed by atoms with van der Waals surface area (Å²) in [6.45, 7) is 5.63. The summed E-state index contributed by atoms with van der Waals surface area (Å²) >= 11 is 0. The Bertz CT molecular complexity index is 153. The Morgan fingerprint density at radius 2 is 2.21 bits per heavy atom. The minimum absolute atomic E-state index is 0.489. The highest BCUT2D eigenvalue weighted by atomic mass is 16.5. The van der Waals surface area contributed by atoms with Crippen molar-refractivity contribution in [2.45, 2.75) is 31.8 Å². The van der Waals surface area contributed by atoms with Gasteiger partial charge in [0.15, 0.2) is 0 Å². The molecule has 82 valence electrons. The molecule has 0 aromatic carbocycles. The molecule has 3 nitrogen and oxygen atoms in total. The molecular formula is C11H22N2O. The number of nitrogens with one attached hydrogen (secondary N) is 2. The summed E-state index contributed by atoms with van der Waals surface area (Å²) in [5.41, 5.74) is 0. The van der Waals surface area contributed by atoms with Crippen LogP contribution in [-0.4, -0.2) is 38.9 Å². The molecule has 2 aliphatic heterocycles. The monoisotopic (exact) mass is 198 g/mol. The van der Waals surface area contributed by atoms with E-state index in [9.17, 15) is 0 Å². The fourth-order valence-corrected chi connectivity index (χ4v) is 2.09. The second-order valence-corrected chi connectivity index (χ2v) is 4.51. The molecule has 0 spiro atoms. The van der Waals surface area contributed by atoms with Crippen molar-refractivity contribution in [3.05, 3.63) is 0 Å². The Morgan fingerprint density at radius 3 is 2.86 bits per heavy atom. The maximum absolute atomic E-state index is 5.65. The first kappa shape index (κ1) is 10.4. The normalized spacial score (nSPS) is 28.7. The van der Waals surface area contributed by atoms with Gasteiger partial charge in [0.1, 0.15) is 0 Å². The molecule has 14 heavy (non-hydrogen) atoms. The third-order valence-electron chi connectivity index (χ3n) is 3.24. The summed E-state index contributed by atoms with van der Waals surface area (Å²) < 4.78 is 5.65.